The molecule has 0 aliphatic heterocycles. The Morgan fingerprint density at radius 2 is 0.917 bits per heavy atom. The van der Waals surface area contributed by atoms with Crippen molar-refractivity contribution in [1.82, 2.24) is 0 Å². The third kappa shape index (κ3) is 254. The maximum absolute atomic E-state index is 8.63. The molecule has 0 aromatic heterocycles. The van der Waals surface area contributed by atoms with Crippen molar-refractivity contribution in [2.24, 2.45) is 0 Å². The van der Waals surface area contributed by atoms with E-state index in [0.29, 0.717) is 0 Å². The fraction of sp³-hybridized carbons (Fsp3) is 0. The summed E-state index contributed by atoms with van der Waals surface area (Å²) in [7, 11) is 0. The second kappa shape index (κ2) is 16.0. The van der Waals surface area contributed by atoms with E-state index in [1.807, 2.05) is 0 Å². The van der Waals surface area contributed by atoms with Gasteiger partial charge in [-0.05, 0) is 0 Å². The van der Waals surface area contributed by atoms with Crippen LogP contribution in [0, 0.1) is 0 Å². The summed E-state index contributed by atoms with van der Waals surface area (Å²) in [5, 5.41) is 0. The number of hydrogen-bond acceptors (Lipinski definition) is 7. The third-order valence-corrected chi connectivity index (χ3v) is 0. The zero-order chi connectivity index (χ0) is 8.08. The van der Waals surface area contributed by atoms with Gasteiger partial charge in [-0.25, -0.2) is 0 Å². The molecule has 12 heteroatoms. The van der Waals surface area contributed by atoms with Gasteiger partial charge in [0.15, 0.2) is 0 Å². The van der Waals surface area contributed by atoms with Gasteiger partial charge in [0.2, 0.25) is 0 Å². The fourth-order valence-corrected chi connectivity index (χ4v) is 0. The van der Waals surface area contributed by atoms with Crippen molar-refractivity contribution in [2.45, 2.75) is 0 Å². The molecule has 0 radical (unpaired) electrons. The Balaban J connectivity index is -0.0000000221. The first-order valence-electron chi connectivity index (χ1n) is 1.21. The molecule has 0 aliphatic carbocycles. The topological polar surface area (TPSA) is 137 Å². The summed E-state index contributed by atoms with van der Waals surface area (Å²) in [5.41, 5.74) is 0. The maximum atomic E-state index is 8.63. The van der Waals surface area contributed by atoms with Crippen molar-refractivity contribution >= 4 is 0 Å². The first kappa shape index (κ1) is 29.3. The summed E-state index contributed by atoms with van der Waals surface area (Å²) >= 11 is -9.96. The fourth-order valence-electron chi connectivity index (χ4n) is 0. The molecule has 0 aromatic carbocycles. The van der Waals surface area contributed by atoms with Crippen LogP contribution in [0.2, 0.25) is 0 Å². The predicted octanol–water partition coefficient (Wildman–Crippen LogP) is -4.05. The van der Waals surface area contributed by atoms with Crippen molar-refractivity contribution in [3.63, 3.8) is 0 Å². The van der Waals surface area contributed by atoms with E-state index in [-0.39, 0.29) is 67.1 Å². The minimum absolute atomic E-state index is 0. The molecule has 0 aromatic rings. The van der Waals surface area contributed by atoms with Crippen molar-refractivity contribution in [3.05, 3.63) is 0 Å². The molecule has 0 amide bonds. The molecule has 0 atom stereocenters. The van der Waals surface area contributed by atoms with Gasteiger partial charge in [0.05, 0.1) is 0 Å². The monoisotopic (exact) mass is 582 g/mol. The zero-order valence-corrected chi connectivity index (χ0v) is 12.5. The molecule has 0 rings (SSSR count). The summed E-state index contributed by atoms with van der Waals surface area (Å²) in [6.07, 6.45) is 0. The van der Waals surface area contributed by atoms with Crippen molar-refractivity contribution in [1.29, 1.82) is 0 Å². The standard InChI is InChI=1S/3Ag.Mo.7O.V/q3*+1;;;;;;3*-1;. The summed E-state index contributed by atoms with van der Waals surface area (Å²) in [4.78, 5) is 0. The van der Waals surface area contributed by atoms with E-state index in [1.165, 1.54) is 0 Å². The van der Waals surface area contributed by atoms with E-state index >= 15 is 0 Å². The van der Waals surface area contributed by atoms with Gasteiger partial charge in [-0.1, -0.05) is 0 Å². The molecule has 0 saturated heterocycles. The van der Waals surface area contributed by atoms with Crippen LogP contribution in [-0.2, 0) is 113 Å². The molecule has 7 nitrogen and oxygen atoms in total. The average molecular weight is 582 g/mol. The Kier molecular flexibility index (Phi) is 39.1. The van der Waals surface area contributed by atoms with Gasteiger partial charge >= 0.3 is 125 Å². The van der Waals surface area contributed by atoms with Gasteiger partial charge in [0.25, 0.3) is 0 Å². The first-order valence-corrected chi connectivity index (χ1v) is 6.20. The van der Waals surface area contributed by atoms with Crippen molar-refractivity contribution in [2.75, 3.05) is 0 Å². The molecule has 0 saturated carbocycles. The molecule has 0 unspecified atom stereocenters. The van der Waals surface area contributed by atoms with E-state index in [0.717, 1.165) is 0 Å². The number of rotatable bonds is 0. The third-order valence-electron chi connectivity index (χ3n) is 0. The Morgan fingerprint density at radius 1 is 0.917 bits per heavy atom. The van der Waals surface area contributed by atoms with Crippen LogP contribution >= 0.6 is 0 Å². The Labute approximate surface area is 123 Å². The molecule has 86 valence electrons. The SMILES string of the molecule is [Ag+].[Ag+].[Ag+].[O]=[Mo](=[O])([O-])[O-].[O]=[V](=[O])[O-]. The van der Waals surface area contributed by atoms with E-state index < -0.39 is 32.1 Å². The van der Waals surface area contributed by atoms with Gasteiger partial charge in [-0.15, -0.1) is 0 Å². The van der Waals surface area contributed by atoms with Gasteiger partial charge < -0.3 is 0 Å². The van der Waals surface area contributed by atoms with Crippen LogP contribution in [0.25, 0.3) is 0 Å². The van der Waals surface area contributed by atoms with Crippen molar-refractivity contribution in [3.8, 4) is 0 Å². The summed E-state index contributed by atoms with van der Waals surface area (Å²) in [6, 6.07) is 0. The van der Waals surface area contributed by atoms with Crippen LogP contribution in [0.15, 0.2) is 0 Å². The van der Waals surface area contributed by atoms with Crippen LogP contribution in [0.3, 0.4) is 0 Å². The van der Waals surface area contributed by atoms with E-state index in [4.69, 9.17) is 25.7 Å². The molecule has 0 bridgehead atoms. The Hall–Kier alpha value is 2.57. The van der Waals surface area contributed by atoms with Crippen molar-refractivity contribution < 1.29 is 125 Å². The molecule has 0 aliphatic rings. The quantitative estimate of drug-likeness (QED) is 0.265. The van der Waals surface area contributed by atoms with Crippen LogP contribution in [-0.4, -0.2) is 0 Å². The van der Waals surface area contributed by atoms with Gasteiger partial charge in [0.1, 0.15) is 0 Å². The first-order chi connectivity index (χ1) is 3.73. The zero-order valence-electron chi connectivity index (χ0n) is 4.62. The Bertz CT molecular complexity index is 199. The predicted molar refractivity (Wildman–Crippen MR) is 2.75 cm³/mol. The molecule has 0 heterocycles. The van der Waals surface area contributed by atoms with E-state index in [1.54, 1.807) is 0 Å². The molecule has 0 spiro atoms. The van der Waals surface area contributed by atoms with Gasteiger partial charge in [-0.2, -0.15) is 0 Å². The van der Waals surface area contributed by atoms with E-state index in [9.17, 15) is 0 Å². The molecular weight excluding hydrogens is 582 g/mol. The summed E-state index contributed by atoms with van der Waals surface area (Å²) in [5.74, 6) is 0. The molecule has 0 N–H and O–H groups in total. The normalized spacial score (nSPS) is 6.92. The average Bonchev–Trinajstić information content (AvgIpc) is 1.19. The van der Waals surface area contributed by atoms with Crippen LogP contribution in [0.5, 0.6) is 0 Å². The summed E-state index contributed by atoms with van der Waals surface area (Å²) < 4.78 is 60.2. The molecule has 0 fully saturated rings. The second-order valence-corrected chi connectivity index (χ2v) is 3.34. The van der Waals surface area contributed by atoms with Crippen LogP contribution in [0.1, 0.15) is 0 Å². The van der Waals surface area contributed by atoms with Gasteiger partial charge in [-0.3, -0.25) is 0 Å². The Morgan fingerprint density at radius 3 is 0.917 bits per heavy atom. The van der Waals surface area contributed by atoms with Crippen LogP contribution in [0.4, 0.5) is 0 Å². The second-order valence-electron chi connectivity index (χ2n) is 0.632. The van der Waals surface area contributed by atoms with Crippen LogP contribution < -0.4 is 11.6 Å². The van der Waals surface area contributed by atoms with E-state index in [2.05, 4.69) is 0 Å². The molecular formula is Ag3MoO7V. The molecule has 12 heavy (non-hydrogen) atoms. The summed E-state index contributed by atoms with van der Waals surface area (Å²) in [6.45, 7) is 0. The minimum atomic E-state index is -6.02. The number of hydrogen-bond donors (Lipinski definition) is 0. The van der Waals surface area contributed by atoms with Gasteiger partial charge in [0, 0.05) is 0 Å².